The number of hydrogen-bond donors (Lipinski definition) is 0. The van der Waals surface area contributed by atoms with Gasteiger partial charge in [0.2, 0.25) is 0 Å². The van der Waals surface area contributed by atoms with E-state index >= 15 is 0 Å². The highest BCUT2D eigenvalue weighted by Gasteiger charge is 2.18. The Hall–Kier alpha value is -1.29. The van der Waals surface area contributed by atoms with E-state index in [2.05, 4.69) is 5.32 Å². The summed E-state index contributed by atoms with van der Waals surface area (Å²) in [6.07, 6.45) is 3.75. The smallest absolute Gasteiger partial charge is 0.255 e. The fourth-order valence-corrected chi connectivity index (χ4v) is 1.62. The maximum atomic E-state index is 11.9. The third kappa shape index (κ3) is 1.80. The van der Waals surface area contributed by atoms with Gasteiger partial charge in [0.25, 0.3) is 5.91 Å². The van der Waals surface area contributed by atoms with E-state index in [-0.39, 0.29) is 5.91 Å². The molecule has 0 bridgehead atoms. The van der Waals surface area contributed by atoms with Crippen molar-refractivity contribution in [3.63, 3.8) is 0 Å². The molecule has 1 aliphatic heterocycles. The first-order chi connectivity index (χ1) is 6.77. The number of amides is 1. The third-order valence-electron chi connectivity index (χ3n) is 2.42. The highest BCUT2D eigenvalue weighted by Crippen LogP contribution is 2.06. The molecule has 4 nitrogen and oxygen atoms in total. The molecule has 1 aromatic rings. The lowest BCUT2D eigenvalue weighted by molar-refractivity contribution is 0.0734. The van der Waals surface area contributed by atoms with Gasteiger partial charge < -0.3 is 9.47 Å². The van der Waals surface area contributed by atoms with Crippen LogP contribution in [0.25, 0.3) is 0 Å². The van der Waals surface area contributed by atoms with Gasteiger partial charge in [-0.05, 0) is 6.07 Å². The fraction of sp³-hybridized carbons (Fsp3) is 0.500. The van der Waals surface area contributed by atoms with Gasteiger partial charge in [0.05, 0.1) is 5.56 Å². The van der Waals surface area contributed by atoms with Gasteiger partial charge in [0, 0.05) is 45.6 Å². The summed E-state index contributed by atoms with van der Waals surface area (Å²) < 4.78 is 1.89. The summed E-state index contributed by atoms with van der Waals surface area (Å²) in [5.74, 6) is 0.125. The van der Waals surface area contributed by atoms with E-state index in [0.717, 1.165) is 31.7 Å². The van der Waals surface area contributed by atoms with Crippen molar-refractivity contribution in [3.8, 4) is 0 Å². The molecule has 0 aliphatic carbocycles. The van der Waals surface area contributed by atoms with Gasteiger partial charge in [0.1, 0.15) is 0 Å². The van der Waals surface area contributed by atoms with Crippen LogP contribution in [0.4, 0.5) is 0 Å². The molecule has 0 spiro atoms. The molecule has 2 heterocycles. The van der Waals surface area contributed by atoms with Crippen molar-refractivity contribution in [1.82, 2.24) is 14.8 Å². The van der Waals surface area contributed by atoms with Gasteiger partial charge in [-0.25, -0.2) is 5.32 Å². The number of hydrogen-bond acceptors (Lipinski definition) is 1. The van der Waals surface area contributed by atoms with Gasteiger partial charge in [-0.2, -0.15) is 0 Å². The van der Waals surface area contributed by atoms with Crippen molar-refractivity contribution < 1.29 is 4.79 Å². The van der Waals surface area contributed by atoms with E-state index in [1.165, 1.54) is 0 Å². The van der Waals surface area contributed by atoms with E-state index in [4.69, 9.17) is 0 Å². The minimum atomic E-state index is 0.125. The van der Waals surface area contributed by atoms with Crippen molar-refractivity contribution in [1.29, 1.82) is 0 Å². The molecular formula is C10H14N3O. The first kappa shape index (κ1) is 9.27. The SMILES string of the molecule is Cn1ccc(C(=O)N2CC[N]CC2)c1. The molecule has 1 radical (unpaired) electrons. The second-order valence-electron chi connectivity index (χ2n) is 3.53. The van der Waals surface area contributed by atoms with Crippen LogP contribution in [-0.4, -0.2) is 41.6 Å². The van der Waals surface area contributed by atoms with Crippen LogP contribution in [-0.2, 0) is 7.05 Å². The zero-order chi connectivity index (χ0) is 9.97. The van der Waals surface area contributed by atoms with Crippen LogP contribution in [0.2, 0.25) is 0 Å². The van der Waals surface area contributed by atoms with E-state index in [1.807, 2.05) is 35.0 Å². The third-order valence-corrected chi connectivity index (χ3v) is 2.42. The lowest BCUT2D eigenvalue weighted by atomic mass is 10.2. The monoisotopic (exact) mass is 192 g/mol. The molecule has 0 N–H and O–H groups in total. The van der Waals surface area contributed by atoms with E-state index in [9.17, 15) is 4.79 Å². The van der Waals surface area contributed by atoms with Gasteiger partial charge in [-0.1, -0.05) is 0 Å². The standard InChI is InChI=1S/C10H14N3O/c1-12-5-2-9(8-12)10(14)13-6-3-11-4-7-13/h2,5,8H,3-4,6-7H2,1H3. The van der Waals surface area contributed by atoms with Crippen LogP contribution in [0.3, 0.4) is 0 Å². The number of aromatic nitrogens is 1. The first-order valence-electron chi connectivity index (χ1n) is 4.82. The Balaban J connectivity index is 2.07. The summed E-state index contributed by atoms with van der Waals surface area (Å²) in [4.78, 5) is 13.7. The van der Waals surface area contributed by atoms with Gasteiger partial charge in [-0.15, -0.1) is 0 Å². The minimum Gasteiger partial charge on any atom is -0.356 e. The Labute approximate surface area is 83.5 Å². The molecule has 1 saturated heterocycles. The zero-order valence-corrected chi connectivity index (χ0v) is 8.31. The molecule has 4 heteroatoms. The molecule has 75 valence electrons. The lowest BCUT2D eigenvalue weighted by Crippen LogP contribution is -2.43. The normalized spacial score (nSPS) is 17.1. The van der Waals surface area contributed by atoms with Crippen molar-refractivity contribution in [2.24, 2.45) is 7.05 Å². The number of carbonyl (C=O) groups is 1. The van der Waals surface area contributed by atoms with Gasteiger partial charge in [-0.3, -0.25) is 4.79 Å². The van der Waals surface area contributed by atoms with Crippen LogP contribution in [0.1, 0.15) is 10.4 Å². The highest BCUT2D eigenvalue weighted by atomic mass is 16.2. The van der Waals surface area contributed by atoms with E-state index in [1.54, 1.807) is 0 Å². The number of carbonyl (C=O) groups excluding carboxylic acids is 1. The maximum Gasteiger partial charge on any atom is 0.255 e. The molecule has 0 saturated carbocycles. The van der Waals surface area contributed by atoms with Crippen LogP contribution < -0.4 is 5.32 Å². The van der Waals surface area contributed by atoms with Crippen molar-refractivity contribution in [2.45, 2.75) is 0 Å². The summed E-state index contributed by atoms with van der Waals surface area (Å²) in [5, 5.41) is 4.21. The average Bonchev–Trinajstić information content (AvgIpc) is 2.65. The second-order valence-corrected chi connectivity index (χ2v) is 3.53. The molecular weight excluding hydrogens is 178 g/mol. The van der Waals surface area contributed by atoms with Crippen LogP contribution in [0.5, 0.6) is 0 Å². The Morgan fingerprint density at radius 3 is 2.71 bits per heavy atom. The lowest BCUT2D eigenvalue weighted by Gasteiger charge is -2.26. The highest BCUT2D eigenvalue weighted by molar-refractivity contribution is 5.94. The van der Waals surface area contributed by atoms with Crippen LogP contribution in [0.15, 0.2) is 18.5 Å². The molecule has 0 aromatic carbocycles. The van der Waals surface area contributed by atoms with Crippen molar-refractivity contribution in [2.75, 3.05) is 26.2 Å². The van der Waals surface area contributed by atoms with Crippen molar-refractivity contribution >= 4 is 5.91 Å². The van der Waals surface area contributed by atoms with Crippen LogP contribution in [0, 0.1) is 0 Å². The molecule has 14 heavy (non-hydrogen) atoms. The molecule has 2 rings (SSSR count). The zero-order valence-electron chi connectivity index (χ0n) is 8.31. The maximum absolute atomic E-state index is 11.9. The molecule has 1 fully saturated rings. The summed E-state index contributed by atoms with van der Waals surface area (Å²) in [7, 11) is 1.92. The quantitative estimate of drug-likeness (QED) is 0.621. The van der Waals surface area contributed by atoms with E-state index < -0.39 is 0 Å². The fourth-order valence-electron chi connectivity index (χ4n) is 1.62. The average molecular weight is 192 g/mol. The van der Waals surface area contributed by atoms with Crippen LogP contribution >= 0.6 is 0 Å². The number of nitrogens with zero attached hydrogens (tertiary/aromatic N) is 3. The Kier molecular flexibility index (Phi) is 2.54. The molecule has 0 atom stereocenters. The molecule has 1 aromatic heterocycles. The number of aryl methyl sites for hydroxylation is 1. The minimum absolute atomic E-state index is 0.125. The van der Waals surface area contributed by atoms with E-state index in [0.29, 0.717) is 0 Å². The van der Waals surface area contributed by atoms with Crippen molar-refractivity contribution in [3.05, 3.63) is 24.0 Å². The predicted molar refractivity (Wildman–Crippen MR) is 53.2 cm³/mol. The molecule has 1 aliphatic rings. The summed E-state index contributed by atoms with van der Waals surface area (Å²) >= 11 is 0. The molecule has 0 unspecified atom stereocenters. The predicted octanol–water partition coefficient (Wildman–Crippen LogP) is 0.0853. The Bertz CT molecular complexity index is 326. The largest absolute Gasteiger partial charge is 0.356 e. The van der Waals surface area contributed by atoms with Gasteiger partial charge >= 0.3 is 0 Å². The second kappa shape index (κ2) is 3.84. The summed E-state index contributed by atoms with van der Waals surface area (Å²) in [6, 6.07) is 1.86. The number of piperazine rings is 1. The number of rotatable bonds is 1. The molecule has 1 amide bonds. The van der Waals surface area contributed by atoms with Gasteiger partial charge in [0.15, 0.2) is 0 Å². The summed E-state index contributed by atoms with van der Waals surface area (Å²) in [6.45, 7) is 3.07. The first-order valence-corrected chi connectivity index (χ1v) is 4.82. The topological polar surface area (TPSA) is 39.3 Å². The summed E-state index contributed by atoms with van der Waals surface area (Å²) in [5.41, 5.74) is 0.773. The Morgan fingerprint density at radius 2 is 2.14 bits per heavy atom. The Morgan fingerprint density at radius 1 is 1.43 bits per heavy atom.